The number of nitrogens with one attached hydrogen (secondary N) is 2. The third-order valence-electron chi connectivity index (χ3n) is 2.88. The Morgan fingerprint density at radius 2 is 1.83 bits per heavy atom. The lowest BCUT2D eigenvalue weighted by Gasteiger charge is -2.23. The number of hydrogen-bond donors (Lipinski definition) is 2. The minimum absolute atomic E-state index is 0. The van der Waals surface area contributed by atoms with Crippen molar-refractivity contribution in [2.75, 3.05) is 26.3 Å². The standard InChI is InChI=1S/C18H31N3O2.HI/c1-6-19-17(20-12-13-22-7-2)21-14-15-10-8-9-11-16(15)23-18(3,4)5;/h8-11H,6-7,12-14H2,1-5H3,(H2,19,20,21);1H. The summed E-state index contributed by atoms with van der Waals surface area (Å²) in [5.74, 6) is 1.67. The summed E-state index contributed by atoms with van der Waals surface area (Å²) in [5.41, 5.74) is 0.851. The molecule has 0 saturated carbocycles. The fourth-order valence-corrected chi connectivity index (χ4v) is 1.96. The summed E-state index contributed by atoms with van der Waals surface area (Å²) in [7, 11) is 0. The van der Waals surface area contributed by atoms with E-state index in [-0.39, 0.29) is 29.6 Å². The molecule has 2 N–H and O–H groups in total. The van der Waals surface area contributed by atoms with Gasteiger partial charge in [-0.2, -0.15) is 0 Å². The fraction of sp³-hybridized carbons (Fsp3) is 0.611. The number of guanidine groups is 1. The number of ether oxygens (including phenoxy) is 2. The van der Waals surface area contributed by atoms with E-state index in [1.54, 1.807) is 0 Å². The molecule has 0 radical (unpaired) electrons. The first-order valence-corrected chi connectivity index (χ1v) is 8.33. The van der Waals surface area contributed by atoms with Crippen LogP contribution < -0.4 is 15.4 Å². The quantitative estimate of drug-likeness (QED) is 0.276. The van der Waals surface area contributed by atoms with Crippen molar-refractivity contribution in [3.05, 3.63) is 29.8 Å². The molecular weight excluding hydrogens is 417 g/mol. The average Bonchev–Trinajstić information content (AvgIpc) is 2.49. The number of rotatable bonds is 8. The van der Waals surface area contributed by atoms with Crippen LogP contribution in [0.5, 0.6) is 5.75 Å². The highest BCUT2D eigenvalue weighted by Gasteiger charge is 2.14. The lowest BCUT2D eigenvalue weighted by Crippen LogP contribution is -2.39. The summed E-state index contributed by atoms with van der Waals surface area (Å²) >= 11 is 0. The number of para-hydroxylation sites is 1. The summed E-state index contributed by atoms with van der Waals surface area (Å²) in [4.78, 5) is 4.63. The van der Waals surface area contributed by atoms with E-state index in [1.807, 2.05) is 52.0 Å². The molecule has 0 aliphatic rings. The minimum atomic E-state index is -0.222. The Labute approximate surface area is 163 Å². The van der Waals surface area contributed by atoms with Crippen LogP contribution >= 0.6 is 24.0 Å². The molecule has 0 unspecified atom stereocenters. The maximum Gasteiger partial charge on any atom is 0.191 e. The van der Waals surface area contributed by atoms with Gasteiger partial charge in [0, 0.05) is 25.3 Å². The predicted octanol–water partition coefficient (Wildman–Crippen LogP) is 3.57. The molecule has 24 heavy (non-hydrogen) atoms. The highest BCUT2D eigenvalue weighted by Crippen LogP contribution is 2.23. The molecule has 1 aromatic rings. The van der Waals surface area contributed by atoms with Gasteiger partial charge in [0.05, 0.1) is 13.2 Å². The molecule has 138 valence electrons. The van der Waals surface area contributed by atoms with Crippen molar-refractivity contribution in [3.8, 4) is 5.75 Å². The van der Waals surface area contributed by atoms with Crippen LogP contribution in [0.15, 0.2) is 29.3 Å². The Kier molecular flexibility index (Phi) is 11.8. The second-order valence-corrected chi connectivity index (χ2v) is 6.14. The van der Waals surface area contributed by atoms with Crippen LogP contribution in [0.25, 0.3) is 0 Å². The molecule has 1 aromatic carbocycles. The number of nitrogens with zero attached hydrogens (tertiary/aromatic N) is 1. The molecule has 0 atom stereocenters. The molecule has 0 aliphatic carbocycles. The van der Waals surface area contributed by atoms with E-state index in [2.05, 4.69) is 22.5 Å². The lowest BCUT2D eigenvalue weighted by molar-refractivity contribution is 0.129. The predicted molar refractivity (Wildman–Crippen MR) is 112 cm³/mol. The Balaban J connectivity index is 0.00000529. The first-order chi connectivity index (χ1) is 11.0. The van der Waals surface area contributed by atoms with E-state index in [4.69, 9.17) is 9.47 Å². The van der Waals surface area contributed by atoms with Crippen LogP contribution in [-0.2, 0) is 11.3 Å². The van der Waals surface area contributed by atoms with Gasteiger partial charge in [0.25, 0.3) is 0 Å². The third kappa shape index (κ3) is 9.97. The third-order valence-corrected chi connectivity index (χ3v) is 2.88. The van der Waals surface area contributed by atoms with Crippen LogP contribution in [-0.4, -0.2) is 37.9 Å². The Morgan fingerprint density at radius 3 is 2.46 bits per heavy atom. The van der Waals surface area contributed by atoms with Gasteiger partial charge in [-0.1, -0.05) is 18.2 Å². The second kappa shape index (κ2) is 12.4. The summed E-state index contributed by atoms with van der Waals surface area (Å²) in [6.45, 7) is 13.7. The van der Waals surface area contributed by atoms with Gasteiger partial charge >= 0.3 is 0 Å². The van der Waals surface area contributed by atoms with Crippen molar-refractivity contribution in [3.63, 3.8) is 0 Å². The van der Waals surface area contributed by atoms with Crippen LogP contribution in [0.1, 0.15) is 40.2 Å². The molecule has 0 spiro atoms. The number of aliphatic imine (C=N–C) groups is 1. The summed E-state index contributed by atoms with van der Waals surface area (Å²) in [6, 6.07) is 8.04. The van der Waals surface area contributed by atoms with Crippen molar-refractivity contribution < 1.29 is 9.47 Å². The van der Waals surface area contributed by atoms with Crippen LogP contribution in [0.2, 0.25) is 0 Å². The first-order valence-electron chi connectivity index (χ1n) is 8.33. The van der Waals surface area contributed by atoms with Gasteiger partial charge in [-0.3, -0.25) is 0 Å². The summed E-state index contributed by atoms with van der Waals surface area (Å²) in [6.07, 6.45) is 0. The van der Waals surface area contributed by atoms with Crippen LogP contribution in [0, 0.1) is 0 Å². The van der Waals surface area contributed by atoms with E-state index >= 15 is 0 Å². The van der Waals surface area contributed by atoms with Gasteiger partial charge in [-0.15, -0.1) is 24.0 Å². The molecule has 5 nitrogen and oxygen atoms in total. The molecule has 0 aliphatic heterocycles. The Morgan fingerprint density at radius 1 is 1.12 bits per heavy atom. The zero-order chi connectivity index (χ0) is 17.1. The molecule has 0 heterocycles. The fourth-order valence-electron chi connectivity index (χ4n) is 1.96. The molecule has 0 aromatic heterocycles. The topological polar surface area (TPSA) is 54.9 Å². The smallest absolute Gasteiger partial charge is 0.191 e. The maximum atomic E-state index is 6.01. The molecule has 6 heteroatoms. The molecule has 0 saturated heterocycles. The largest absolute Gasteiger partial charge is 0.488 e. The maximum absolute atomic E-state index is 6.01. The van der Waals surface area contributed by atoms with Crippen molar-refractivity contribution in [2.45, 2.75) is 46.8 Å². The van der Waals surface area contributed by atoms with Gasteiger partial charge in [0.1, 0.15) is 11.4 Å². The molecule has 0 amide bonds. The van der Waals surface area contributed by atoms with Gasteiger partial charge in [-0.05, 0) is 40.7 Å². The molecule has 1 rings (SSSR count). The zero-order valence-corrected chi connectivity index (χ0v) is 17.8. The number of benzene rings is 1. The van der Waals surface area contributed by atoms with Crippen LogP contribution in [0.4, 0.5) is 0 Å². The minimum Gasteiger partial charge on any atom is -0.488 e. The van der Waals surface area contributed by atoms with Crippen molar-refractivity contribution in [2.24, 2.45) is 4.99 Å². The van der Waals surface area contributed by atoms with E-state index in [0.717, 1.165) is 37.0 Å². The van der Waals surface area contributed by atoms with Gasteiger partial charge in [0.2, 0.25) is 0 Å². The van der Waals surface area contributed by atoms with E-state index in [0.29, 0.717) is 13.2 Å². The van der Waals surface area contributed by atoms with E-state index < -0.39 is 0 Å². The highest BCUT2D eigenvalue weighted by molar-refractivity contribution is 14.0. The number of hydrogen-bond acceptors (Lipinski definition) is 3. The van der Waals surface area contributed by atoms with Gasteiger partial charge in [-0.25, -0.2) is 4.99 Å². The van der Waals surface area contributed by atoms with E-state index in [1.165, 1.54) is 0 Å². The zero-order valence-electron chi connectivity index (χ0n) is 15.5. The average molecular weight is 449 g/mol. The lowest BCUT2D eigenvalue weighted by atomic mass is 10.1. The van der Waals surface area contributed by atoms with Crippen molar-refractivity contribution in [1.82, 2.24) is 10.6 Å². The van der Waals surface area contributed by atoms with Gasteiger partial charge < -0.3 is 20.1 Å². The first kappa shape index (κ1) is 23.0. The summed E-state index contributed by atoms with van der Waals surface area (Å²) in [5, 5.41) is 6.51. The number of halogens is 1. The molecular formula is C18H32IN3O2. The van der Waals surface area contributed by atoms with E-state index in [9.17, 15) is 0 Å². The normalized spacial score (nSPS) is 11.6. The molecule has 0 fully saturated rings. The van der Waals surface area contributed by atoms with Crippen molar-refractivity contribution in [1.29, 1.82) is 0 Å². The Bertz CT molecular complexity index is 487. The van der Waals surface area contributed by atoms with Gasteiger partial charge in [0.15, 0.2) is 5.96 Å². The van der Waals surface area contributed by atoms with Crippen LogP contribution in [0.3, 0.4) is 0 Å². The second-order valence-electron chi connectivity index (χ2n) is 6.14. The monoisotopic (exact) mass is 449 g/mol. The SMILES string of the molecule is CCNC(=NCc1ccccc1OC(C)(C)C)NCCOCC.I. The Hall–Kier alpha value is -1.02. The molecule has 0 bridgehead atoms. The summed E-state index contributed by atoms with van der Waals surface area (Å²) < 4.78 is 11.3. The highest BCUT2D eigenvalue weighted by atomic mass is 127. The van der Waals surface area contributed by atoms with Crippen molar-refractivity contribution >= 4 is 29.9 Å².